The van der Waals surface area contributed by atoms with Crippen LogP contribution in [-0.2, 0) is 15.0 Å². The number of nitrogens with zero attached hydrogens (tertiary/aromatic N) is 3. The van der Waals surface area contributed by atoms with Gasteiger partial charge in [0.2, 0.25) is 0 Å². The summed E-state index contributed by atoms with van der Waals surface area (Å²) in [5.41, 5.74) is 0. The van der Waals surface area contributed by atoms with E-state index in [1.807, 2.05) is 0 Å². The van der Waals surface area contributed by atoms with Crippen molar-refractivity contribution in [2.24, 2.45) is 0 Å². The fourth-order valence-corrected chi connectivity index (χ4v) is 4.23. The average molecular weight is 291 g/mol. The fraction of sp³-hybridized carbons (Fsp3) is 0.909. The molecule has 0 bridgehead atoms. The Labute approximate surface area is 114 Å². The molecule has 2 aliphatic heterocycles. The van der Waals surface area contributed by atoms with Gasteiger partial charge in [0.1, 0.15) is 6.04 Å². The molecule has 8 heteroatoms. The second-order valence-electron chi connectivity index (χ2n) is 5.06. The zero-order valence-electron chi connectivity index (χ0n) is 11.2. The van der Waals surface area contributed by atoms with Crippen molar-refractivity contribution >= 4 is 16.2 Å². The van der Waals surface area contributed by atoms with Crippen molar-refractivity contribution in [3.8, 4) is 0 Å². The number of hydrogen-bond donors (Lipinski definition) is 1. The van der Waals surface area contributed by atoms with Crippen LogP contribution in [-0.4, -0.2) is 78.3 Å². The van der Waals surface area contributed by atoms with E-state index in [0.717, 1.165) is 12.8 Å². The zero-order valence-corrected chi connectivity index (χ0v) is 12.0. The van der Waals surface area contributed by atoms with Gasteiger partial charge >= 0.3 is 5.97 Å². The molecular weight excluding hydrogens is 270 g/mol. The molecule has 1 N–H and O–H groups in total. The van der Waals surface area contributed by atoms with Gasteiger partial charge in [0.25, 0.3) is 10.2 Å². The maximum absolute atomic E-state index is 12.3. The highest BCUT2D eigenvalue weighted by atomic mass is 32.2. The first-order valence-electron chi connectivity index (χ1n) is 6.65. The number of carboxylic acid groups (broad SMARTS) is 1. The number of rotatable bonds is 4. The molecule has 2 fully saturated rings. The topological polar surface area (TPSA) is 81.2 Å². The Hall–Kier alpha value is -0.700. The summed E-state index contributed by atoms with van der Waals surface area (Å²) in [5.74, 6) is -0.865. The molecule has 2 saturated heterocycles. The Morgan fingerprint density at radius 3 is 1.95 bits per heavy atom. The molecule has 0 saturated carbocycles. The fourth-order valence-electron chi connectivity index (χ4n) is 2.56. The van der Waals surface area contributed by atoms with Crippen LogP contribution in [0.25, 0.3) is 0 Å². The van der Waals surface area contributed by atoms with Gasteiger partial charge in [-0.3, -0.25) is 9.69 Å². The van der Waals surface area contributed by atoms with Crippen molar-refractivity contribution in [1.82, 2.24) is 13.5 Å². The van der Waals surface area contributed by atoms with Gasteiger partial charge in [0.05, 0.1) is 0 Å². The van der Waals surface area contributed by atoms with Crippen molar-refractivity contribution in [3.63, 3.8) is 0 Å². The van der Waals surface area contributed by atoms with Crippen LogP contribution in [0.5, 0.6) is 0 Å². The third-order valence-corrected chi connectivity index (χ3v) is 5.93. The largest absolute Gasteiger partial charge is 0.480 e. The molecule has 110 valence electrons. The molecule has 7 nitrogen and oxygen atoms in total. The third kappa shape index (κ3) is 3.07. The molecule has 2 aliphatic rings. The van der Waals surface area contributed by atoms with Crippen LogP contribution >= 0.6 is 0 Å². The highest BCUT2D eigenvalue weighted by Crippen LogP contribution is 2.18. The average Bonchev–Trinajstić information content (AvgIpc) is 2.92. The first-order chi connectivity index (χ1) is 8.93. The minimum absolute atomic E-state index is 0.371. The lowest BCUT2D eigenvalue weighted by atomic mass is 10.2. The van der Waals surface area contributed by atoms with E-state index in [2.05, 4.69) is 0 Å². The molecule has 0 aromatic rings. The molecule has 1 unspecified atom stereocenters. The number of piperazine rings is 1. The minimum Gasteiger partial charge on any atom is -0.480 e. The van der Waals surface area contributed by atoms with E-state index in [1.165, 1.54) is 8.61 Å². The van der Waals surface area contributed by atoms with Crippen LogP contribution in [0.2, 0.25) is 0 Å². The van der Waals surface area contributed by atoms with Crippen molar-refractivity contribution in [2.75, 3.05) is 39.3 Å². The summed E-state index contributed by atoms with van der Waals surface area (Å²) in [6, 6.07) is -0.559. The molecule has 0 radical (unpaired) electrons. The van der Waals surface area contributed by atoms with E-state index in [1.54, 1.807) is 11.8 Å². The van der Waals surface area contributed by atoms with Gasteiger partial charge in [-0.05, 0) is 19.8 Å². The Kier molecular flexibility index (Phi) is 4.44. The number of carboxylic acids is 1. The SMILES string of the molecule is CC(C(=O)O)N1CCN(S(=O)(=O)N2CCCC2)CC1. The summed E-state index contributed by atoms with van der Waals surface area (Å²) >= 11 is 0. The van der Waals surface area contributed by atoms with Gasteiger partial charge < -0.3 is 5.11 Å². The Balaban J connectivity index is 1.94. The van der Waals surface area contributed by atoms with Gasteiger partial charge in [-0.15, -0.1) is 0 Å². The highest BCUT2D eigenvalue weighted by Gasteiger charge is 2.35. The van der Waals surface area contributed by atoms with Crippen LogP contribution in [0.4, 0.5) is 0 Å². The van der Waals surface area contributed by atoms with Gasteiger partial charge in [-0.1, -0.05) is 0 Å². The van der Waals surface area contributed by atoms with Crippen molar-refractivity contribution in [3.05, 3.63) is 0 Å². The molecule has 1 atom stereocenters. The maximum atomic E-state index is 12.3. The summed E-state index contributed by atoms with van der Waals surface area (Å²) in [6.45, 7) is 4.53. The molecule has 19 heavy (non-hydrogen) atoms. The van der Waals surface area contributed by atoms with Crippen LogP contribution in [0.15, 0.2) is 0 Å². The van der Waals surface area contributed by atoms with E-state index in [-0.39, 0.29) is 0 Å². The number of aliphatic carboxylic acids is 1. The molecule has 0 spiro atoms. The van der Waals surface area contributed by atoms with E-state index in [4.69, 9.17) is 5.11 Å². The van der Waals surface area contributed by atoms with Crippen molar-refractivity contribution in [1.29, 1.82) is 0 Å². The number of carbonyl (C=O) groups is 1. The Morgan fingerprint density at radius 2 is 1.47 bits per heavy atom. The second kappa shape index (κ2) is 5.74. The first-order valence-corrected chi connectivity index (χ1v) is 8.04. The standard InChI is InChI=1S/C11H21N3O4S/c1-10(11(15)16)12-6-8-14(9-7-12)19(17,18)13-4-2-3-5-13/h10H,2-9H2,1H3,(H,15,16). The van der Waals surface area contributed by atoms with Crippen LogP contribution in [0, 0.1) is 0 Å². The highest BCUT2D eigenvalue weighted by molar-refractivity contribution is 7.86. The summed E-state index contributed by atoms with van der Waals surface area (Å²) in [4.78, 5) is 12.7. The van der Waals surface area contributed by atoms with Crippen LogP contribution in [0.3, 0.4) is 0 Å². The normalized spacial score (nSPS) is 25.5. The van der Waals surface area contributed by atoms with Gasteiger partial charge in [0, 0.05) is 39.3 Å². The lowest BCUT2D eigenvalue weighted by molar-refractivity contribution is -0.143. The molecule has 0 aromatic heterocycles. The summed E-state index contributed by atoms with van der Waals surface area (Å²) in [6.07, 6.45) is 1.85. The lowest BCUT2D eigenvalue weighted by Crippen LogP contribution is -2.55. The predicted octanol–water partition coefficient (Wildman–Crippen LogP) is -0.582. The third-order valence-electron chi connectivity index (χ3n) is 3.90. The molecular formula is C11H21N3O4S. The van der Waals surface area contributed by atoms with E-state index >= 15 is 0 Å². The quantitative estimate of drug-likeness (QED) is 0.749. The lowest BCUT2D eigenvalue weighted by Gasteiger charge is -2.37. The summed E-state index contributed by atoms with van der Waals surface area (Å²) < 4.78 is 27.6. The van der Waals surface area contributed by atoms with Gasteiger partial charge in [-0.25, -0.2) is 0 Å². The van der Waals surface area contributed by atoms with Crippen molar-refractivity contribution < 1.29 is 18.3 Å². The smallest absolute Gasteiger partial charge is 0.320 e. The minimum atomic E-state index is -3.34. The predicted molar refractivity (Wildman–Crippen MR) is 70.0 cm³/mol. The maximum Gasteiger partial charge on any atom is 0.320 e. The molecule has 0 aliphatic carbocycles. The zero-order chi connectivity index (χ0) is 14.0. The number of hydrogen-bond acceptors (Lipinski definition) is 4. The van der Waals surface area contributed by atoms with E-state index in [0.29, 0.717) is 39.3 Å². The Morgan fingerprint density at radius 1 is 1.00 bits per heavy atom. The van der Waals surface area contributed by atoms with E-state index < -0.39 is 22.2 Å². The Bertz CT molecular complexity index is 425. The van der Waals surface area contributed by atoms with Crippen LogP contribution < -0.4 is 0 Å². The van der Waals surface area contributed by atoms with Crippen molar-refractivity contribution in [2.45, 2.75) is 25.8 Å². The van der Waals surface area contributed by atoms with Crippen LogP contribution in [0.1, 0.15) is 19.8 Å². The molecule has 0 aromatic carbocycles. The van der Waals surface area contributed by atoms with Gasteiger partial charge in [0.15, 0.2) is 0 Å². The summed E-state index contributed by atoms with van der Waals surface area (Å²) in [5, 5.41) is 8.95. The molecule has 0 amide bonds. The van der Waals surface area contributed by atoms with Gasteiger partial charge in [-0.2, -0.15) is 17.0 Å². The molecule has 2 heterocycles. The second-order valence-corrected chi connectivity index (χ2v) is 6.99. The van der Waals surface area contributed by atoms with E-state index in [9.17, 15) is 13.2 Å². The first kappa shape index (κ1) is 14.7. The monoisotopic (exact) mass is 291 g/mol. The molecule has 2 rings (SSSR count). The summed E-state index contributed by atoms with van der Waals surface area (Å²) in [7, 11) is -3.34.